The molecule has 1 rings (SSSR count). The number of nitro groups is 1. The van der Waals surface area contributed by atoms with Crippen LogP contribution in [-0.4, -0.2) is 50.7 Å². The number of hydrogen-bond acceptors (Lipinski definition) is 6. The van der Waals surface area contributed by atoms with Crippen LogP contribution in [0.4, 0.5) is 11.4 Å². The van der Waals surface area contributed by atoms with Crippen LogP contribution in [-0.2, 0) is 9.53 Å². The monoisotopic (exact) mass is 332 g/mol. The second-order valence-corrected chi connectivity index (χ2v) is 4.25. The second kappa shape index (κ2) is 11.7. The fourth-order valence-electron chi connectivity index (χ4n) is 1.55. The SMILES string of the molecule is COCCNCC(=O)NCCNc1ccc([N+](=O)[O-])cc1.Cl. The van der Waals surface area contributed by atoms with Crippen molar-refractivity contribution < 1.29 is 14.5 Å². The van der Waals surface area contributed by atoms with Crippen molar-refractivity contribution >= 4 is 29.7 Å². The summed E-state index contributed by atoms with van der Waals surface area (Å²) in [5.41, 5.74) is 0.823. The minimum atomic E-state index is -0.444. The maximum Gasteiger partial charge on any atom is 0.269 e. The summed E-state index contributed by atoms with van der Waals surface area (Å²) in [5, 5.41) is 19.3. The molecular formula is C13H21ClN4O4. The molecule has 0 aliphatic carbocycles. The molecule has 1 aromatic rings. The Balaban J connectivity index is 0.00000441. The zero-order valence-corrected chi connectivity index (χ0v) is 13.1. The van der Waals surface area contributed by atoms with Crippen LogP contribution < -0.4 is 16.0 Å². The Morgan fingerprint density at radius 2 is 1.91 bits per heavy atom. The average Bonchev–Trinajstić information content (AvgIpc) is 2.48. The van der Waals surface area contributed by atoms with E-state index in [0.717, 1.165) is 5.69 Å². The lowest BCUT2D eigenvalue weighted by Crippen LogP contribution is -2.37. The van der Waals surface area contributed by atoms with Gasteiger partial charge in [-0.1, -0.05) is 0 Å². The number of carbonyl (C=O) groups is 1. The van der Waals surface area contributed by atoms with Crippen LogP contribution in [0.15, 0.2) is 24.3 Å². The van der Waals surface area contributed by atoms with Gasteiger partial charge in [0.1, 0.15) is 0 Å². The van der Waals surface area contributed by atoms with Crippen molar-refractivity contribution in [3.05, 3.63) is 34.4 Å². The molecule has 0 spiro atoms. The van der Waals surface area contributed by atoms with Crippen molar-refractivity contribution in [1.29, 1.82) is 0 Å². The number of hydrogen-bond donors (Lipinski definition) is 3. The molecule has 22 heavy (non-hydrogen) atoms. The number of ether oxygens (including phenoxy) is 1. The molecule has 1 aromatic carbocycles. The van der Waals surface area contributed by atoms with Crippen molar-refractivity contribution in [3.63, 3.8) is 0 Å². The molecule has 124 valence electrons. The van der Waals surface area contributed by atoms with Gasteiger partial charge in [-0.3, -0.25) is 14.9 Å². The number of carbonyl (C=O) groups excluding carboxylic acids is 1. The van der Waals surface area contributed by atoms with E-state index in [1.165, 1.54) is 12.1 Å². The lowest BCUT2D eigenvalue weighted by atomic mass is 10.3. The van der Waals surface area contributed by atoms with Crippen molar-refractivity contribution in [2.75, 3.05) is 45.2 Å². The second-order valence-electron chi connectivity index (χ2n) is 4.25. The lowest BCUT2D eigenvalue weighted by molar-refractivity contribution is -0.384. The predicted octanol–water partition coefficient (Wildman–Crippen LogP) is 0.781. The van der Waals surface area contributed by atoms with Crippen molar-refractivity contribution in [1.82, 2.24) is 10.6 Å². The molecule has 0 radical (unpaired) electrons. The molecule has 1 amide bonds. The summed E-state index contributed by atoms with van der Waals surface area (Å²) in [6.45, 7) is 2.46. The summed E-state index contributed by atoms with van der Waals surface area (Å²) in [5.74, 6) is -0.0865. The van der Waals surface area contributed by atoms with E-state index in [0.29, 0.717) is 26.2 Å². The molecule has 0 heterocycles. The zero-order valence-electron chi connectivity index (χ0n) is 12.3. The number of rotatable bonds is 10. The highest BCUT2D eigenvalue weighted by Crippen LogP contribution is 2.14. The molecule has 3 N–H and O–H groups in total. The molecule has 0 saturated carbocycles. The third-order valence-corrected chi connectivity index (χ3v) is 2.62. The topological polar surface area (TPSA) is 106 Å². The minimum absolute atomic E-state index is 0. The van der Waals surface area contributed by atoms with Crippen LogP contribution >= 0.6 is 12.4 Å². The van der Waals surface area contributed by atoms with Gasteiger partial charge in [-0.2, -0.15) is 0 Å². The number of non-ortho nitro benzene ring substituents is 1. The van der Waals surface area contributed by atoms with Gasteiger partial charge >= 0.3 is 0 Å². The Labute approximate surface area is 135 Å². The third kappa shape index (κ3) is 8.40. The van der Waals surface area contributed by atoms with Crippen molar-refractivity contribution in [3.8, 4) is 0 Å². The molecule has 0 aliphatic heterocycles. The van der Waals surface area contributed by atoms with E-state index in [1.807, 2.05) is 0 Å². The molecule has 8 nitrogen and oxygen atoms in total. The van der Waals surface area contributed by atoms with E-state index in [9.17, 15) is 14.9 Å². The molecule has 9 heteroatoms. The van der Waals surface area contributed by atoms with Gasteiger partial charge < -0.3 is 20.7 Å². The summed E-state index contributed by atoms with van der Waals surface area (Å²) in [6, 6.07) is 6.12. The summed E-state index contributed by atoms with van der Waals surface area (Å²) in [6.07, 6.45) is 0. The van der Waals surface area contributed by atoms with E-state index >= 15 is 0 Å². The Morgan fingerprint density at radius 1 is 1.23 bits per heavy atom. The van der Waals surface area contributed by atoms with E-state index in [2.05, 4.69) is 16.0 Å². The van der Waals surface area contributed by atoms with Crippen molar-refractivity contribution in [2.24, 2.45) is 0 Å². The fourth-order valence-corrected chi connectivity index (χ4v) is 1.55. The molecule has 0 aromatic heterocycles. The molecule has 0 saturated heterocycles. The number of amides is 1. The predicted molar refractivity (Wildman–Crippen MR) is 86.6 cm³/mol. The van der Waals surface area contributed by atoms with Crippen LogP contribution in [0.25, 0.3) is 0 Å². The first-order valence-corrected chi connectivity index (χ1v) is 6.58. The Morgan fingerprint density at radius 3 is 2.50 bits per heavy atom. The maximum atomic E-state index is 11.4. The van der Waals surface area contributed by atoms with Gasteiger partial charge in [-0.25, -0.2) is 0 Å². The highest BCUT2D eigenvalue weighted by atomic mass is 35.5. The first-order valence-electron chi connectivity index (χ1n) is 6.58. The summed E-state index contributed by atoms with van der Waals surface area (Å²) >= 11 is 0. The van der Waals surface area contributed by atoms with Gasteiger partial charge in [0.25, 0.3) is 5.69 Å². The normalized spacial score (nSPS) is 9.68. The number of nitrogens with zero attached hydrogens (tertiary/aromatic N) is 1. The van der Waals surface area contributed by atoms with E-state index in [1.54, 1.807) is 19.2 Å². The number of benzene rings is 1. The molecule has 0 fully saturated rings. The minimum Gasteiger partial charge on any atom is -0.383 e. The Kier molecular flexibility index (Phi) is 10.7. The van der Waals surface area contributed by atoms with Crippen LogP contribution in [0.1, 0.15) is 0 Å². The largest absolute Gasteiger partial charge is 0.383 e. The number of methoxy groups -OCH3 is 1. The van der Waals surface area contributed by atoms with Gasteiger partial charge in [0.15, 0.2) is 0 Å². The number of anilines is 1. The number of halogens is 1. The number of nitro benzene ring substituents is 1. The zero-order chi connectivity index (χ0) is 15.5. The van der Waals surface area contributed by atoms with Crippen LogP contribution in [0.2, 0.25) is 0 Å². The summed E-state index contributed by atoms with van der Waals surface area (Å²) < 4.78 is 4.85. The third-order valence-electron chi connectivity index (χ3n) is 2.62. The molecule has 0 unspecified atom stereocenters. The van der Waals surface area contributed by atoms with E-state index in [4.69, 9.17) is 4.74 Å². The summed E-state index contributed by atoms with van der Waals surface area (Å²) in [4.78, 5) is 21.5. The fraction of sp³-hybridized carbons (Fsp3) is 0.462. The highest BCUT2D eigenvalue weighted by Gasteiger charge is 2.03. The van der Waals surface area contributed by atoms with Crippen LogP contribution in [0.3, 0.4) is 0 Å². The van der Waals surface area contributed by atoms with Crippen molar-refractivity contribution in [2.45, 2.75) is 0 Å². The first-order chi connectivity index (χ1) is 10.1. The molecule has 0 atom stereocenters. The Hall–Kier alpha value is -1.90. The molecule has 0 bridgehead atoms. The van der Waals surface area contributed by atoms with Gasteiger partial charge in [0.05, 0.1) is 18.1 Å². The smallest absolute Gasteiger partial charge is 0.269 e. The Bertz CT molecular complexity index is 456. The number of nitrogens with one attached hydrogen (secondary N) is 3. The maximum absolute atomic E-state index is 11.4. The first kappa shape index (κ1) is 20.1. The summed E-state index contributed by atoms with van der Waals surface area (Å²) in [7, 11) is 1.60. The highest BCUT2D eigenvalue weighted by molar-refractivity contribution is 5.85. The van der Waals surface area contributed by atoms with Crippen LogP contribution in [0.5, 0.6) is 0 Å². The molecular weight excluding hydrogens is 312 g/mol. The lowest BCUT2D eigenvalue weighted by Gasteiger charge is -2.08. The average molecular weight is 333 g/mol. The standard InChI is InChI=1S/C13H20N4O4.ClH/c1-21-9-8-14-10-13(18)16-7-6-15-11-2-4-12(5-3-11)17(19)20;/h2-5,14-15H,6-10H2,1H3,(H,16,18);1H. The van der Waals surface area contributed by atoms with Crippen LogP contribution in [0, 0.1) is 10.1 Å². The molecule has 0 aliphatic rings. The quantitative estimate of drug-likeness (QED) is 0.332. The van der Waals surface area contributed by atoms with E-state index in [-0.39, 0.29) is 30.5 Å². The van der Waals surface area contributed by atoms with Gasteiger partial charge in [-0.05, 0) is 12.1 Å². The van der Waals surface area contributed by atoms with Gasteiger partial charge in [0.2, 0.25) is 5.91 Å². The van der Waals surface area contributed by atoms with Gasteiger partial charge in [-0.15, -0.1) is 12.4 Å². The van der Waals surface area contributed by atoms with E-state index < -0.39 is 4.92 Å². The van der Waals surface area contributed by atoms with Gasteiger partial charge in [0, 0.05) is 44.6 Å².